The van der Waals surface area contributed by atoms with E-state index in [4.69, 9.17) is 4.74 Å². The van der Waals surface area contributed by atoms with E-state index in [-0.39, 0.29) is 11.9 Å². The number of carbonyl (C=O) groups is 1. The molecule has 0 fully saturated rings. The van der Waals surface area contributed by atoms with Crippen molar-refractivity contribution in [2.75, 3.05) is 33.9 Å². The first-order valence-corrected chi connectivity index (χ1v) is 7.76. The van der Waals surface area contributed by atoms with Gasteiger partial charge in [-0.05, 0) is 19.1 Å². The van der Waals surface area contributed by atoms with Gasteiger partial charge >= 0.3 is 0 Å². The Morgan fingerprint density at radius 2 is 2.24 bits per heavy atom. The third-order valence-electron chi connectivity index (χ3n) is 3.40. The summed E-state index contributed by atoms with van der Waals surface area (Å²) in [6.07, 6.45) is 0. The van der Waals surface area contributed by atoms with Crippen molar-refractivity contribution in [1.29, 1.82) is 0 Å². The molecule has 0 aliphatic rings. The Hall–Kier alpha value is -1.50. The number of carbonyl (C=O) groups excluding carboxylic acids is 1. The van der Waals surface area contributed by atoms with Crippen LogP contribution in [0.2, 0.25) is 0 Å². The topological polar surface area (TPSA) is 54.5 Å². The molecule has 1 amide bonds. The van der Waals surface area contributed by atoms with Crippen molar-refractivity contribution in [3.05, 3.63) is 29.3 Å². The molecule has 0 aliphatic heterocycles. The number of methoxy groups -OCH3 is 1. The summed E-state index contributed by atoms with van der Waals surface area (Å²) >= 11 is 1.64. The third-order valence-corrected chi connectivity index (χ3v) is 4.61. The van der Waals surface area contributed by atoms with E-state index in [1.807, 2.05) is 32.2 Å². The highest BCUT2D eigenvalue weighted by Gasteiger charge is 2.20. The zero-order valence-corrected chi connectivity index (χ0v) is 13.4. The number of likely N-dealkylation sites (N-methyl/N-ethyl adjacent to an activating group) is 1. The van der Waals surface area contributed by atoms with Gasteiger partial charge in [-0.1, -0.05) is 12.1 Å². The Bertz CT molecular complexity index is 566. The van der Waals surface area contributed by atoms with Gasteiger partial charge in [0, 0.05) is 20.7 Å². The normalized spacial score (nSPS) is 12.5. The van der Waals surface area contributed by atoms with Crippen LogP contribution in [0.4, 0.5) is 0 Å². The number of benzene rings is 1. The van der Waals surface area contributed by atoms with Gasteiger partial charge < -0.3 is 15.0 Å². The number of nitrogens with zero attached hydrogens (tertiary/aromatic N) is 2. The van der Waals surface area contributed by atoms with Crippen molar-refractivity contribution in [2.45, 2.75) is 13.0 Å². The number of ether oxygens (including phenoxy) is 1. The molecule has 1 atom stereocenters. The molecule has 5 nitrogen and oxygen atoms in total. The number of fused-ring (bicyclic) bond motifs is 1. The highest BCUT2D eigenvalue weighted by molar-refractivity contribution is 7.18. The van der Waals surface area contributed by atoms with Gasteiger partial charge in [0.25, 0.3) is 0 Å². The van der Waals surface area contributed by atoms with Crippen LogP contribution in [0.5, 0.6) is 0 Å². The van der Waals surface area contributed by atoms with E-state index >= 15 is 0 Å². The number of amides is 1. The van der Waals surface area contributed by atoms with Gasteiger partial charge in [-0.15, -0.1) is 11.3 Å². The van der Waals surface area contributed by atoms with E-state index < -0.39 is 0 Å². The molecule has 0 saturated carbocycles. The van der Waals surface area contributed by atoms with Crippen molar-refractivity contribution >= 4 is 27.5 Å². The van der Waals surface area contributed by atoms with Crippen molar-refractivity contribution in [2.24, 2.45) is 0 Å². The van der Waals surface area contributed by atoms with Crippen molar-refractivity contribution in [3.63, 3.8) is 0 Å². The molecule has 1 aromatic heterocycles. The van der Waals surface area contributed by atoms with Gasteiger partial charge in [-0.25, -0.2) is 4.98 Å². The predicted molar refractivity (Wildman–Crippen MR) is 85.6 cm³/mol. The van der Waals surface area contributed by atoms with E-state index in [9.17, 15) is 4.79 Å². The second-order valence-electron chi connectivity index (χ2n) is 4.87. The van der Waals surface area contributed by atoms with E-state index in [2.05, 4.69) is 16.4 Å². The Morgan fingerprint density at radius 3 is 2.95 bits per heavy atom. The number of hydrogen-bond acceptors (Lipinski definition) is 5. The lowest BCUT2D eigenvalue weighted by Gasteiger charge is -2.23. The summed E-state index contributed by atoms with van der Waals surface area (Å²) in [5.74, 6) is 0.0536. The second kappa shape index (κ2) is 7.49. The zero-order valence-electron chi connectivity index (χ0n) is 12.6. The van der Waals surface area contributed by atoms with Crippen molar-refractivity contribution in [1.82, 2.24) is 15.2 Å². The molecule has 0 spiro atoms. The lowest BCUT2D eigenvalue weighted by molar-refractivity contribution is -0.130. The fourth-order valence-corrected chi connectivity index (χ4v) is 3.01. The molecule has 21 heavy (non-hydrogen) atoms. The summed E-state index contributed by atoms with van der Waals surface area (Å²) in [6.45, 7) is 3.59. The molecule has 2 rings (SSSR count). The smallest absolute Gasteiger partial charge is 0.236 e. The molecular weight excluding hydrogens is 286 g/mol. The maximum Gasteiger partial charge on any atom is 0.236 e. The molecule has 1 N–H and O–H groups in total. The fraction of sp³-hybridized carbons (Fsp3) is 0.467. The number of nitrogens with one attached hydrogen (secondary N) is 1. The number of aromatic nitrogens is 1. The molecule has 0 aliphatic carbocycles. The summed E-state index contributed by atoms with van der Waals surface area (Å²) < 4.78 is 6.09. The lowest BCUT2D eigenvalue weighted by Crippen LogP contribution is -2.38. The minimum atomic E-state index is -0.0286. The van der Waals surface area contributed by atoms with Gasteiger partial charge in [-0.2, -0.15) is 0 Å². The van der Waals surface area contributed by atoms with Crippen LogP contribution in [0, 0.1) is 0 Å². The van der Waals surface area contributed by atoms with Crippen LogP contribution in [-0.4, -0.2) is 49.6 Å². The monoisotopic (exact) mass is 307 g/mol. The van der Waals surface area contributed by atoms with Crippen LogP contribution in [-0.2, 0) is 9.53 Å². The number of para-hydroxylation sites is 1. The average Bonchev–Trinajstić information content (AvgIpc) is 2.93. The molecule has 114 valence electrons. The second-order valence-corrected chi connectivity index (χ2v) is 5.93. The first kappa shape index (κ1) is 15.9. The van der Waals surface area contributed by atoms with Gasteiger partial charge in [0.2, 0.25) is 5.91 Å². The lowest BCUT2D eigenvalue weighted by atomic mass is 10.3. The molecule has 2 aromatic rings. The molecule has 1 aromatic carbocycles. The molecule has 1 heterocycles. The van der Waals surface area contributed by atoms with E-state index in [1.54, 1.807) is 23.3 Å². The standard InChI is InChI=1S/C15H21N3O2S/c1-11(18(2)14(19)10-16-8-9-20-3)15-17-12-6-4-5-7-13(12)21-15/h4-7,11,16H,8-10H2,1-3H3. The fourth-order valence-electron chi connectivity index (χ4n) is 1.94. The third kappa shape index (κ3) is 4.00. The molecular formula is C15H21N3O2S. The largest absolute Gasteiger partial charge is 0.383 e. The quantitative estimate of drug-likeness (QED) is 0.796. The first-order valence-electron chi connectivity index (χ1n) is 6.94. The van der Waals surface area contributed by atoms with E-state index in [1.165, 1.54) is 0 Å². The van der Waals surface area contributed by atoms with Gasteiger partial charge in [0.15, 0.2) is 0 Å². The van der Waals surface area contributed by atoms with Crippen LogP contribution < -0.4 is 5.32 Å². The van der Waals surface area contributed by atoms with Crippen LogP contribution >= 0.6 is 11.3 Å². The van der Waals surface area contributed by atoms with Crippen LogP contribution in [0.1, 0.15) is 18.0 Å². The number of thiazole rings is 1. The summed E-state index contributed by atoms with van der Waals surface area (Å²) in [6, 6.07) is 8.00. The minimum Gasteiger partial charge on any atom is -0.383 e. The highest BCUT2D eigenvalue weighted by Crippen LogP contribution is 2.28. The number of rotatable bonds is 7. The highest BCUT2D eigenvalue weighted by atomic mass is 32.1. The van der Waals surface area contributed by atoms with Crippen molar-refractivity contribution in [3.8, 4) is 0 Å². The first-order chi connectivity index (χ1) is 10.1. The zero-order chi connectivity index (χ0) is 15.2. The molecule has 6 heteroatoms. The van der Waals surface area contributed by atoms with Crippen molar-refractivity contribution < 1.29 is 9.53 Å². The Kier molecular flexibility index (Phi) is 5.67. The molecule has 0 bridgehead atoms. The van der Waals surface area contributed by atoms with E-state index in [0.29, 0.717) is 19.7 Å². The van der Waals surface area contributed by atoms with Gasteiger partial charge in [0.1, 0.15) is 5.01 Å². The van der Waals surface area contributed by atoms with Crippen LogP contribution in [0.15, 0.2) is 24.3 Å². The van der Waals surface area contributed by atoms with Crippen LogP contribution in [0.3, 0.4) is 0 Å². The SMILES string of the molecule is COCCNCC(=O)N(C)C(C)c1nc2ccccc2s1. The minimum absolute atomic E-state index is 0.0286. The molecule has 0 radical (unpaired) electrons. The Balaban J connectivity index is 1.97. The maximum atomic E-state index is 12.1. The Labute approximate surface area is 128 Å². The molecule has 0 saturated heterocycles. The Morgan fingerprint density at radius 1 is 1.48 bits per heavy atom. The maximum absolute atomic E-state index is 12.1. The summed E-state index contributed by atoms with van der Waals surface area (Å²) in [5.41, 5.74) is 0.989. The van der Waals surface area contributed by atoms with E-state index in [0.717, 1.165) is 15.2 Å². The van der Waals surface area contributed by atoms with Gasteiger partial charge in [-0.3, -0.25) is 4.79 Å². The van der Waals surface area contributed by atoms with Crippen LogP contribution in [0.25, 0.3) is 10.2 Å². The number of hydrogen-bond donors (Lipinski definition) is 1. The van der Waals surface area contributed by atoms with Gasteiger partial charge in [0.05, 0.1) is 29.4 Å². The summed E-state index contributed by atoms with van der Waals surface area (Å²) in [5, 5.41) is 4.03. The molecule has 1 unspecified atom stereocenters. The average molecular weight is 307 g/mol. The summed E-state index contributed by atoms with van der Waals surface area (Å²) in [7, 11) is 3.46. The predicted octanol–water partition coefficient (Wildman–Crippen LogP) is 2.05. The summed E-state index contributed by atoms with van der Waals surface area (Å²) in [4.78, 5) is 18.5.